The molecule has 0 spiro atoms. The minimum atomic E-state index is 0.488. The van der Waals surface area contributed by atoms with Crippen LogP contribution in [0.25, 0.3) is 0 Å². The Hall–Kier alpha value is -0.440. The Bertz CT molecular complexity index is 391. The van der Waals surface area contributed by atoms with Crippen molar-refractivity contribution < 1.29 is 4.74 Å². The first-order valence-corrected chi connectivity index (χ1v) is 7.26. The van der Waals surface area contributed by atoms with E-state index in [1.807, 2.05) is 18.2 Å². The molecule has 1 saturated heterocycles. The average molecular weight is 288 g/mol. The SMILES string of the molecule is CN(CC1CCCOC1)c1c(Cl)cccc1CCl. The molecule has 1 aromatic carbocycles. The van der Waals surface area contributed by atoms with Crippen LogP contribution in [0.1, 0.15) is 18.4 Å². The summed E-state index contributed by atoms with van der Waals surface area (Å²) in [7, 11) is 2.08. The second-order valence-corrected chi connectivity index (χ2v) is 5.52. The van der Waals surface area contributed by atoms with E-state index in [9.17, 15) is 0 Å². The Labute approximate surface area is 119 Å². The van der Waals surface area contributed by atoms with Crippen LogP contribution in [-0.4, -0.2) is 26.8 Å². The number of hydrogen-bond donors (Lipinski definition) is 0. The molecule has 1 heterocycles. The smallest absolute Gasteiger partial charge is 0.0642 e. The highest BCUT2D eigenvalue weighted by molar-refractivity contribution is 6.33. The molecule has 18 heavy (non-hydrogen) atoms. The summed E-state index contributed by atoms with van der Waals surface area (Å²) in [6, 6.07) is 5.89. The molecule has 2 rings (SSSR count). The lowest BCUT2D eigenvalue weighted by Gasteiger charge is -2.30. The van der Waals surface area contributed by atoms with E-state index in [2.05, 4.69) is 11.9 Å². The van der Waals surface area contributed by atoms with Gasteiger partial charge < -0.3 is 9.64 Å². The van der Waals surface area contributed by atoms with Gasteiger partial charge in [-0.3, -0.25) is 0 Å². The maximum absolute atomic E-state index is 6.29. The van der Waals surface area contributed by atoms with E-state index in [0.717, 1.165) is 42.5 Å². The van der Waals surface area contributed by atoms with E-state index in [1.165, 1.54) is 6.42 Å². The Morgan fingerprint density at radius 2 is 2.28 bits per heavy atom. The summed E-state index contributed by atoms with van der Waals surface area (Å²) in [6.45, 7) is 2.72. The normalized spacial score (nSPS) is 19.8. The fourth-order valence-corrected chi connectivity index (χ4v) is 3.08. The number of rotatable bonds is 4. The fourth-order valence-electron chi connectivity index (χ4n) is 2.53. The van der Waals surface area contributed by atoms with Crippen molar-refractivity contribution in [2.75, 3.05) is 31.7 Å². The molecule has 1 unspecified atom stereocenters. The average Bonchev–Trinajstić information content (AvgIpc) is 2.39. The van der Waals surface area contributed by atoms with Gasteiger partial charge in [0.25, 0.3) is 0 Å². The van der Waals surface area contributed by atoms with Crippen molar-refractivity contribution in [1.82, 2.24) is 0 Å². The molecule has 0 N–H and O–H groups in total. The summed E-state index contributed by atoms with van der Waals surface area (Å²) in [4.78, 5) is 2.21. The quantitative estimate of drug-likeness (QED) is 0.778. The highest BCUT2D eigenvalue weighted by atomic mass is 35.5. The van der Waals surface area contributed by atoms with Crippen molar-refractivity contribution in [3.63, 3.8) is 0 Å². The zero-order chi connectivity index (χ0) is 13.0. The van der Waals surface area contributed by atoms with Crippen molar-refractivity contribution >= 4 is 28.9 Å². The van der Waals surface area contributed by atoms with Crippen LogP contribution in [0, 0.1) is 5.92 Å². The van der Waals surface area contributed by atoms with Gasteiger partial charge in [0.15, 0.2) is 0 Å². The second-order valence-electron chi connectivity index (χ2n) is 4.84. The fraction of sp³-hybridized carbons (Fsp3) is 0.571. The Kier molecular flexibility index (Phi) is 5.16. The minimum absolute atomic E-state index is 0.488. The maximum atomic E-state index is 6.29. The molecular formula is C14H19Cl2NO. The maximum Gasteiger partial charge on any atom is 0.0642 e. The van der Waals surface area contributed by atoms with Gasteiger partial charge >= 0.3 is 0 Å². The molecule has 4 heteroatoms. The predicted octanol–water partition coefficient (Wildman–Crippen LogP) is 3.94. The van der Waals surface area contributed by atoms with E-state index >= 15 is 0 Å². The van der Waals surface area contributed by atoms with Gasteiger partial charge in [-0.05, 0) is 30.4 Å². The van der Waals surface area contributed by atoms with E-state index in [-0.39, 0.29) is 0 Å². The van der Waals surface area contributed by atoms with Crippen molar-refractivity contribution in [3.05, 3.63) is 28.8 Å². The van der Waals surface area contributed by atoms with Gasteiger partial charge in [-0.15, -0.1) is 11.6 Å². The van der Waals surface area contributed by atoms with Crippen LogP contribution < -0.4 is 4.90 Å². The lowest BCUT2D eigenvalue weighted by atomic mass is 10.0. The van der Waals surface area contributed by atoms with Crippen LogP contribution in [0.4, 0.5) is 5.69 Å². The summed E-state index contributed by atoms with van der Waals surface area (Å²) in [6.07, 6.45) is 2.38. The Morgan fingerprint density at radius 1 is 1.44 bits per heavy atom. The number of anilines is 1. The van der Waals surface area contributed by atoms with Crippen LogP contribution >= 0.6 is 23.2 Å². The minimum Gasteiger partial charge on any atom is -0.381 e. The third-order valence-electron chi connectivity index (χ3n) is 3.38. The molecule has 1 aliphatic heterocycles. The largest absolute Gasteiger partial charge is 0.381 e. The van der Waals surface area contributed by atoms with E-state index in [4.69, 9.17) is 27.9 Å². The number of alkyl halides is 1. The number of benzene rings is 1. The van der Waals surface area contributed by atoms with Gasteiger partial charge in [-0.25, -0.2) is 0 Å². The first kappa shape index (κ1) is 14.0. The molecule has 2 nitrogen and oxygen atoms in total. The molecule has 0 aromatic heterocycles. The molecule has 0 aliphatic carbocycles. The molecular weight excluding hydrogens is 269 g/mol. The number of para-hydroxylation sites is 1. The third-order valence-corrected chi connectivity index (χ3v) is 3.98. The molecule has 0 saturated carbocycles. The Morgan fingerprint density at radius 3 is 2.94 bits per heavy atom. The number of ether oxygens (including phenoxy) is 1. The van der Waals surface area contributed by atoms with Gasteiger partial charge in [0.1, 0.15) is 0 Å². The zero-order valence-electron chi connectivity index (χ0n) is 10.7. The molecule has 1 fully saturated rings. The van der Waals surface area contributed by atoms with Crippen LogP contribution in [0.15, 0.2) is 18.2 Å². The highest BCUT2D eigenvalue weighted by Crippen LogP contribution is 2.31. The van der Waals surface area contributed by atoms with Gasteiger partial charge in [-0.1, -0.05) is 23.7 Å². The second kappa shape index (κ2) is 6.65. The van der Waals surface area contributed by atoms with Crippen LogP contribution in [0.5, 0.6) is 0 Å². The topological polar surface area (TPSA) is 12.5 Å². The summed E-state index contributed by atoms with van der Waals surface area (Å²) < 4.78 is 5.52. The van der Waals surface area contributed by atoms with E-state index in [1.54, 1.807) is 0 Å². The van der Waals surface area contributed by atoms with Gasteiger partial charge in [-0.2, -0.15) is 0 Å². The molecule has 0 bridgehead atoms. The molecule has 1 aliphatic rings. The van der Waals surface area contributed by atoms with Crippen LogP contribution in [-0.2, 0) is 10.6 Å². The molecule has 1 atom stereocenters. The standard InChI is InChI=1S/C14H19Cl2NO/c1-17(9-11-4-3-7-18-10-11)14-12(8-15)5-2-6-13(14)16/h2,5-6,11H,3-4,7-10H2,1H3. The summed E-state index contributed by atoms with van der Waals surface area (Å²) in [5.41, 5.74) is 2.14. The van der Waals surface area contributed by atoms with Gasteiger partial charge in [0.2, 0.25) is 0 Å². The first-order valence-electron chi connectivity index (χ1n) is 6.34. The number of halogens is 2. The lowest BCUT2D eigenvalue weighted by molar-refractivity contribution is 0.0576. The summed E-state index contributed by atoms with van der Waals surface area (Å²) >= 11 is 12.3. The highest BCUT2D eigenvalue weighted by Gasteiger charge is 2.18. The third kappa shape index (κ3) is 3.31. The van der Waals surface area contributed by atoms with Crippen LogP contribution in [0.2, 0.25) is 5.02 Å². The molecule has 0 amide bonds. The summed E-state index contributed by atoms with van der Waals surface area (Å²) in [5, 5.41) is 0.771. The molecule has 0 radical (unpaired) electrons. The molecule has 1 aromatic rings. The molecule has 100 valence electrons. The van der Waals surface area contributed by atoms with Gasteiger partial charge in [0.05, 0.1) is 17.3 Å². The lowest BCUT2D eigenvalue weighted by Crippen LogP contribution is -2.31. The Balaban J connectivity index is 2.09. The predicted molar refractivity (Wildman–Crippen MR) is 77.8 cm³/mol. The van der Waals surface area contributed by atoms with Gasteiger partial charge in [0, 0.05) is 26.1 Å². The number of nitrogens with zero attached hydrogens (tertiary/aromatic N) is 1. The zero-order valence-corrected chi connectivity index (χ0v) is 12.2. The van der Waals surface area contributed by atoms with E-state index in [0.29, 0.717) is 11.8 Å². The summed E-state index contributed by atoms with van der Waals surface area (Å²) in [5.74, 6) is 1.07. The van der Waals surface area contributed by atoms with Crippen molar-refractivity contribution in [2.24, 2.45) is 5.92 Å². The number of hydrogen-bond acceptors (Lipinski definition) is 2. The van der Waals surface area contributed by atoms with Crippen molar-refractivity contribution in [1.29, 1.82) is 0 Å². The first-order chi connectivity index (χ1) is 8.72. The van der Waals surface area contributed by atoms with E-state index < -0.39 is 0 Å². The monoisotopic (exact) mass is 287 g/mol. The van der Waals surface area contributed by atoms with Crippen molar-refractivity contribution in [2.45, 2.75) is 18.7 Å². The van der Waals surface area contributed by atoms with Crippen LogP contribution in [0.3, 0.4) is 0 Å². The van der Waals surface area contributed by atoms with Crippen molar-refractivity contribution in [3.8, 4) is 0 Å².